The zero-order valence-electron chi connectivity index (χ0n) is 12.5. The van der Waals surface area contributed by atoms with Crippen LogP contribution in [0.1, 0.15) is 10.4 Å². The molecule has 0 saturated heterocycles. The number of hydrogen-bond donors (Lipinski definition) is 1. The van der Waals surface area contributed by atoms with E-state index < -0.39 is 5.91 Å². The molecule has 0 aliphatic heterocycles. The number of amides is 1. The van der Waals surface area contributed by atoms with Crippen LogP contribution in [0.5, 0.6) is 0 Å². The molecule has 0 fully saturated rings. The van der Waals surface area contributed by atoms with E-state index in [0.717, 1.165) is 11.3 Å². The van der Waals surface area contributed by atoms with Crippen LogP contribution in [0.25, 0.3) is 16.2 Å². The Bertz CT molecular complexity index is 886. The quantitative estimate of drug-likeness (QED) is 0.725. The molecule has 118 valence electrons. The first kappa shape index (κ1) is 15.4. The van der Waals surface area contributed by atoms with E-state index in [-0.39, 0.29) is 11.1 Å². The Hall–Kier alpha value is -2.51. The maximum atomic E-state index is 12.7. The number of aromatic nitrogens is 2. The fraction of sp³-hybridized carbons (Fsp3) is 0.188. The van der Waals surface area contributed by atoms with Gasteiger partial charge in [0.25, 0.3) is 11.5 Å². The maximum Gasteiger partial charge on any atom is 0.271 e. The van der Waals surface area contributed by atoms with Crippen molar-refractivity contribution >= 4 is 22.2 Å². The van der Waals surface area contributed by atoms with Crippen molar-refractivity contribution in [1.82, 2.24) is 14.7 Å². The van der Waals surface area contributed by atoms with E-state index in [4.69, 9.17) is 4.74 Å². The summed E-state index contributed by atoms with van der Waals surface area (Å²) in [6.07, 6.45) is 1.32. The molecule has 1 amide bonds. The fourth-order valence-electron chi connectivity index (χ4n) is 2.22. The van der Waals surface area contributed by atoms with E-state index in [0.29, 0.717) is 18.1 Å². The summed E-state index contributed by atoms with van der Waals surface area (Å²) in [5.74, 6) is -0.445. The van der Waals surface area contributed by atoms with Gasteiger partial charge in [-0.1, -0.05) is 30.3 Å². The molecule has 6 nitrogen and oxygen atoms in total. The van der Waals surface area contributed by atoms with E-state index >= 15 is 0 Å². The zero-order chi connectivity index (χ0) is 16.2. The summed E-state index contributed by atoms with van der Waals surface area (Å²) in [6, 6.07) is 9.55. The van der Waals surface area contributed by atoms with Crippen molar-refractivity contribution in [1.29, 1.82) is 0 Å². The van der Waals surface area contributed by atoms with Gasteiger partial charge in [-0.3, -0.25) is 14.0 Å². The molecule has 0 saturated carbocycles. The second-order valence-corrected chi connectivity index (χ2v) is 5.67. The van der Waals surface area contributed by atoms with Gasteiger partial charge in [0, 0.05) is 25.2 Å². The molecular formula is C16H15N3O3S. The van der Waals surface area contributed by atoms with Crippen LogP contribution in [-0.4, -0.2) is 35.6 Å². The first-order valence-corrected chi connectivity index (χ1v) is 7.92. The van der Waals surface area contributed by atoms with Crippen LogP contribution in [0.2, 0.25) is 0 Å². The molecule has 1 aromatic carbocycles. The summed E-state index contributed by atoms with van der Waals surface area (Å²) in [7, 11) is 1.55. The smallest absolute Gasteiger partial charge is 0.271 e. The highest BCUT2D eigenvalue weighted by molar-refractivity contribution is 7.15. The topological polar surface area (TPSA) is 72.7 Å². The highest BCUT2D eigenvalue weighted by Crippen LogP contribution is 2.23. The first-order chi connectivity index (χ1) is 11.2. The predicted octanol–water partition coefficient (Wildman–Crippen LogP) is 1.80. The summed E-state index contributed by atoms with van der Waals surface area (Å²) in [5.41, 5.74) is 1.29. The molecule has 3 aromatic rings. The van der Waals surface area contributed by atoms with Crippen LogP contribution in [0.15, 0.2) is 46.7 Å². The molecule has 0 atom stereocenters. The summed E-state index contributed by atoms with van der Waals surface area (Å²) in [4.78, 5) is 29.6. The van der Waals surface area contributed by atoms with Gasteiger partial charge in [0.1, 0.15) is 5.56 Å². The molecule has 3 rings (SSSR count). The van der Waals surface area contributed by atoms with Crippen LogP contribution in [-0.2, 0) is 4.74 Å². The predicted molar refractivity (Wildman–Crippen MR) is 89.0 cm³/mol. The van der Waals surface area contributed by atoms with E-state index in [1.54, 1.807) is 7.11 Å². The number of fused-ring (bicyclic) bond motifs is 1. The number of carbonyl (C=O) groups excluding carboxylic acids is 1. The Morgan fingerprint density at radius 2 is 2.13 bits per heavy atom. The number of hydrogen-bond acceptors (Lipinski definition) is 5. The minimum atomic E-state index is -0.445. The molecule has 7 heteroatoms. The van der Waals surface area contributed by atoms with Crippen molar-refractivity contribution < 1.29 is 9.53 Å². The average molecular weight is 329 g/mol. The second kappa shape index (κ2) is 6.72. The fourth-order valence-corrected chi connectivity index (χ4v) is 3.08. The largest absolute Gasteiger partial charge is 0.383 e. The van der Waals surface area contributed by atoms with Gasteiger partial charge < -0.3 is 10.1 Å². The van der Waals surface area contributed by atoms with Crippen molar-refractivity contribution in [3.05, 3.63) is 57.8 Å². The third kappa shape index (κ3) is 3.01. The number of nitrogens with one attached hydrogen (secondary N) is 1. The Labute approximate surface area is 136 Å². The number of thiazole rings is 1. The number of nitrogens with zero attached hydrogens (tertiary/aromatic N) is 2. The standard InChI is InChI=1S/C16H15N3O3S/c1-22-8-7-17-14(20)12-9-18-16-19(15(12)21)13(10-23-16)11-5-3-2-4-6-11/h2-6,9-10H,7-8H2,1H3,(H,17,20). The number of benzene rings is 1. The van der Waals surface area contributed by atoms with Crippen molar-refractivity contribution in [3.8, 4) is 11.3 Å². The number of methoxy groups -OCH3 is 1. The SMILES string of the molecule is COCCNC(=O)c1cnc2scc(-c3ccccc3)n2c1=O. The molecule has 2 aromatic heterocycles. The highest BCUT2D eigenvalue weighted by Gasteiger charge is 2.16. The Morgan fingerprint density at radius 1 is 1.35 bits per heavy atom. The third-order valence-corrected chi connectivity index (χ3v) is 4.19. The van der Waals surface area contributed by atoms with Gasteiger partial charge in [-0.15, -0.1) is 11.3 Å². The van der Waals surface area contributed by atoms with Crippen molar-refractivity contribution in [2.75, 3.05) is 20.3 Å². The van der Waals surface area contributed by atoms with Crippen molar-refractivity contribution in [2.45, 2.75) is 0 Å². The van der Waals surface area contributed by atoms with Gasteiger partial charge in [0.05, 0.1) is 12.3 Å². The van der Waals surface area contributed by atoms with Crippen LogP contribution in [0.4, 0.5) is 0 Å². The molecule has 0 unspecified atom stereocenters. The monoisotopic (exact) mass is 329 g/mol. The minimum Gasteiger partial charge on any atom is -0.383 e. The Kier molecular flexibility index (Phi) is 4.50. The molecule has 23 heavy (non-hydrogen) atoms. The van der Waals surface area contributed by atoms with E-state index in [1.165, 1.54) is 21.9 Å². The lowest BCUT2D eigenvalue weighted by atomic mass is 10.2. The molecule has 2 heterocycles. The van der Waals surface area contributed by atoms with E-state index in [9.17, 15) is 9.59 Å². The third-order valence-electron chi connectivity index (χ3n) is 3.35. The Morgan fingerprint density at radius 3 is 2.87 bits per heavy atom. The average Bonchev–Trinajstić information content (AvgIpc) is 3.01. The molecule has 0 radical (unpaired) electrons. The van der Waals surface area contributed by atoms with Gasteiger partial charge in [-0.25, -0.2) is 4.98 Å². The Balaban J connectivity index is 2.05. The number of rotatable bonds is 5. The normalized spacial score (nSPS) is 10.8. The maximum absolute atomic E-state index is 12.7. The number of carbonyl (C=O) groups is 1. The molecule has 0 spiro atoms. The van der Waals surface area contributed by atoms with Gasteiger partial charge in [-0.05, 0) is 5.56 Å². The van der Waals surface area contributed by atoms with Crippen LogP contribution < -0.4 is 10.9 Å². The van der Waals surface area contributed by atoms with Crippen LogP contribution in [0.3, 0.4) is 0 Å². The summed E-state index contributed by atoms with van der Waals surface area (Å²) in [5, 5.41) is 4.51. The summed E-state index contributed by atoms with van der Waals surface area (Å²) in [6.45, 7) is 0.725. The zero-order valence-corrected chi connectivity index (χ0v) is 13.3. The number of ether oxygens (including phenoxy) is 1. The molecule has 0 bridgehead atoms. The van der Waals surface area contributed by atoms with Crippen molar-refractivity contribution in [2.24, 2.45) is 0 Å². The van der Waals surface area contributed by atoms with E-state index in [2.05, 4.69) is 10.3 Å². The van der Waals surface area contributed by atoms with Crippen LogP contribution in [0, 0.1) is 0 Å². The van der Waals surface area contributed by atoms with Crippen LogP contribution >= 0.6 is 11.3 Å². The highest BCUT2D eigenvalue weighted by atomic mass is 32.1. The molecule has 1 N–H and O–H groups in total. The summed E-state index contributed by atoms with van der Waals surface area (Å²) < 4.78 is 6.36. The second-order valence-electron chi connectivity index (χ2n) is 4.83. The lowest BCUT2D eigenvalue weighted by molar-refractivity contribution is 0.0935. The molecule has 0 aliphatic carbocycles. The van der Waals surface area contributed by atoms with Crippen molar-refractivity contribution in [3.63, 3.8) is 0 Å². The van der Waals surface area contributed by atoms with Gasteiger partial charge in [-0.2, -0.15) is 0 Å². The first-order valence-electron chi connectivity index (χ1n) is 7.04. The van der Waals surface area contributed by atoms with Gasteiger partial charge in [0.2, 0.25) is 0 Å². The van der Waals surface area contributed by atoms with E-state index in [1.807, 2.05) is 35.7 Å². The lowest BCUT2D eigenvalue weighted by Gasteiger charge is -2.05. The lowest BCUT2D eigenvalue weighted by Crippen LogP contribution is -2.33. The van der Waals surface area contributed by atoms with Gasteiger partial charge >= 0.3 is 0 Å². The molecular weight excluding hydrogens is 314 g/mol. The molecule has 0 aliphatic rings. The summed E-state index contributed by atoms with van der Waals surface area (Å²) >= 11 is 1.36. The minimum absolute atomic E-state index is 0.0224. The van der Waals surface area contributed by atoms with Gasteiger partial charge in [0.15, 0.2) is 4.96 Å².